The number of hydrogen-bond acceptors (Lipinski definition) is 4. The average Bonchev–Trinajstić information content (AvgIpc) is 3.10. The number of carboxylic acids is 1. The molecule has 0 aromatic rings. The molecule has 1 atom stereocenters. The van der Waals surface area contributed by atoms with Crippen molar-refractivity contribution in [2.24, 2.45) is 0 Å². The van der Waals surface area contributed by atoms with Crippen molar-refractivity contribution < 1.29 is 19.8 Å². The zero-order valence-electron chi connectivity index (χ0n) is 9.30. The number of hydrogen-bond donors (Lipinski definition) is 3. The number of urea groups is 1. The predicted molar refractivity (Wildman–Crippen MR) is 57.0 cm³/mol. The highest BCUT2D eigenvalue weighted by molar-refractivity contribution is 5.83. The van der Waals surface area contributed by atoms with Gasteiger partial charge in [0.15, 0.2) is 6.04 Å². The summed E-state index contributed by atoms with van der Waals surface area (Å²) in [6.45, 7) is -0.372. The Kier molecular flexibility index (Phi) is 4.72. The lowest BCUT2D eigenvalue weighted by atomic mass is 10.3. The van der Waals surface area contributed by atoms with Crippen LogP contribution in [0.25, 0.3) is 0 Å². The number of carbonyl (C=O) groups is 2. The predicted octanol–water partition coefficient (Wildman–Crippen LogP) is -0.480. The van der Waals surface area contributed by atoms with E-state index >= 15 is 0 Å². The molecule has 0 aromatic carbocycles. The molecule has 2 amide bonds. The van der Waals surface area contributed by atoms with Crippen molar-refractivity contribution in [2.45, 2.75) is 31.3 Å². The molecule has 1 aliphatic carbocycles. The highest BCUT2D eigenvalue weighted by Crippen LogP contribution is 2.26. The number of nitriles is 1. The minimum atomic E-state index is -1.30. The zero-order valence-corrected chi connectivity index (χ0v) is 9.30. The Morgan fingerprint density at radius 2 is 2.18 bits per heavy atom. The zero-order chi connectivity index (χ0) is 12.8. The minimum absolute atomic E-state index is 0.0940. The van der Waals surface area contributed by atoms with Gasteiger partial charge in [-0.3, -0.25) is 0 Å². The molecule has 17 heavy (non-hydrogen) atoms. The highest BCUT2D eigenvalue weighted by Gasteiger charge is 2.33. The van der Waals surface area contributed by atoms with E-state index in [1.54, 1.807) is 0 Å². The van der Waals surface area contributed by atoms with Crippen LogP contribution < -0.4 is 5.32 Å². The third kappa shape index (κ3) is 3.92. The lowest BCUT2D eigenvalue weighted by Crippen LogP contribution is -2.50. The van der Waals surface area contributed by atoms with Crippen LogP contribution in [0.4, 0.5) is 4.79 Å². The van der Waals surface area contributed by atoms with E-state index in [1.165, 1.54) is 4.90 Å². The molecule has 0 unspecified atom stereocenters. The molecule has 0 aromatic heterocycles. The Morgan fingerprint density at radius 3 is 2.59 bits per heavy atom. The van der Waals surface area contributed by atoms with Gasteiger partial charge in [0.05, 0.1) is 19.1 Å². The van der Waals surface area contributed by atoms with Crippen molar-refractivity contribution in [1.82, 2.24) is 10.2 Å². The summed E-state index contributed by atoms with van der Waals surface area (Å²) in [5.41, 5.74) is 0. The molecule has 3 N–H and O–H groups in total. The first kappa shape index (κ1) is 13.3. The number of carboxylic acid groups (broad SMARTS) is 1. The third-order valence-corrected chi connectivity index (χ3v) is 2.49. The molecule has 0 radical (unpaired) electrons. The molecule has 1 saturated carbocycles. The maximum atomic E-state index is 11.7. The maximum absolute atomic E-state index is 11.7. The number of carbonyl (C=O) groups excluding carboxylic acids is 1. The fraction of sp³-hybridized carbons (Fsp3) is 0.700. The van der Waals surface area contributed by atoms with Gasteiger partial charge in [-0.05, 0) is 12.8 Å². The Bertz CT molecular complexity index is 335. The summed E-state index contributed by atoms with van der Waals surface area (Å²) < 4.78 is 0. The number of rotatable bonds is 6. The molecular weight excluding hydrogens is 226 g/mol. The SMILES string of the molecule is N#CCCN(C(=O)N[C@@H](CO)C(=O)O)C1CC1. The van der Waals surface area contributed by atoms with Gasteiger partial charge in [-0.15, -0.1) is 0 Å². The summed E-state index contributed by atoms with van der Waals surface area (Å²) in [7, 11) is 0. The maximum Gasteiger partial charge on any atom is 0.328 e. The van der Waals surface area contributed by atoms with Crippen LogP contribution in [0.3, 0.4) is 0 Å². The topological polar surface area (TPSA) is 114 Å². The summed E-state index contributed by atoms with van der Waals surface area (Å²) >= 11 is 0. The van der Waals surface area contributed by atoms with Crippen LogP contribution in [0.5, 0.6) is 0 Å². The van der Waals surface area contributed by atoms with Crippen molar-refractivity contribution in [1.29, 1.82) is 5.26 Å². The number of amides is 2. The van der Waals surface area contributed by atoms with Crippen molar-refractivity contribution in [3.05, 3.63) is 0 Å². The van der Waals surface area contributed by atoms with Crippen molar-refractivity contribution in [3.8, 4) is 6.07 Å². The lowest BCUT2D eigenvalue weighted by molar-refractivity contribution is -0.140. The van der Waals surface area contributed by atoms with E-state index in [9.17, 15) is 9.59 Å². The molecule has 0 bridgehead atoms. The fourth-order valence-electron chi connectivity index (χ4n) is 1.42. The normalized spacial score (nSPS) is 15.8. The minimum Gasteiger partial charge on any atom is -0.480 e. The summed E-state index contributed by atoms with van der Waals surface area (Å²) in [6.07, 6.45) is 1.95. The van der Waals surface area contributed by atoms with Gasteiger partial charge in [0, 0.05) is 12.6 Å². The lowest BCUT2D eigenvalue weighted by Gasteiger charge is -2.23. The van der Waals surface area contributed by atoms with Crippen LogP contribution in [-0.2, 0) is 4.79 Å². The number of nitrogens with one attached hydrogen (secondary N) is 1. The Morgan fingerprint density at radius 1 is 1.53 bits per heavy atom. The average molecular weight is 241 g/mol. The standard InChI is InChI=1S/C10H15N3O4/c11-4-1-5-13(7-2-3-7)10(17)12-8(6-14)9(15)16/h7-8,14H,1-3,5-6H2,(H,12,17)(H,15,16)/t8-/m0/s1. The quantitative estimate of drug-likeness (QED) is 0.581. The van der Waals surface area contributed by atoms with Crippen LogP contribution >= 0.6 is 0 Å². The summed E-state index contributed by atoms with van der Waals surface area (Å²) in [5, 5.41) is 28.2. The fourth-order valence-corrected chi connectivity index (χ4v) is 1.42. The van der Waals surface area contributed by atoms with Gasteiger partial charge < -0.3 is 20.4 Å². The summed E-state index contributed by atoms with van der Waals surface area (Å²) in [5.74, 6) is -1.28. The molecule has 7 nitrogen and oxygen atoms in total. The molecule has 1 aliphatic rings. The number of nitrogens with zero attached hydrogens (tertiary/aromatic N) is 2. The van der Waals surface area contributed by atoms with Gasteiger partial charge >= 0.3 is 12.0 Å². The molecule has 1 fully saturated rings. The Labute approximate surface area is 98.6 Å². The Balaban J connectivity index is 2.52. The molecule has 1 rings (SSSR count). The Hall–Kier alpha value is -1.81. The summed E-state index contributed by atoms with van der Waals surface area (Å²) in [4.78, 5) is 23.8. The molecular formula is C10H15N3O4. The molecule has 0 heterocycles. The molecule has 0 aliphatic heterocycles. The van der Waals surface area contributed by atoms with Crippen molar-refractivity contribution >= 4 is 12.0 Å². The smallest absolute Gasteiger partial charge is 0.328 e. The second kappa shape index (κ2) is 6.06. The summed E-state index contributed by atoms with van der Waals surface area (Å²) in [6, 6.07) is 0.194. The van der Waals surface area contributed by atoms with E-state index in [2.05, 4.69) is 5.32 Å². The second-order valence-electron chi connectivity index (χ2n) is 3.86. The third-order valence-electron chi connectivity index (χ3n) is 2.49. The molecule has 7 heteroatoms. The van der Waals surface area contributed by atoms with Crippen LogP contribution in [0.2, 0.25) is 0 Å². The van der Waals surface area contributed by atoms with Crippen LogP contribution in [-0.4, -0.2) is 52.3 Å². The van der Waals surface area contributed by atoms with E-state index in [1.807, 2.05) is 6.07 Å². The van der Waals surface area contributed by atoms with Gasteiger partial charge in [0.25, 0.3) is 0 Å². The first-order valence-electron chi connectivity index (χ1n) is 5.38. The number of aliphatic hydroxyl groups excluding tert-OH is 1. The molecule has 0 saturated heterocycles. The second-order valence-corrected chi connectivity index (χ2v) is 3.86. The van der Waals surface area contributed by atoms with E-state index in [4.69, 9.17) is 15.5 Å². The van der Waals surface area contributed by atoms with Gasteiger partial charge in [-0.25, -0.2) is 9.59 Å². The van der Waals surface area contributed by atoms with Gasteiger partial charge in [-0.2, -0.15) is 5.26 Å². The van der Waals surface area contributed by atoms with Crippen LogP contribution in [0.15, 0.2) is 0 Å². The monoisotopic (exact) mass is 241 g/mol. The van der Waals surface area contributed by atoms with Crippen molar-refractivity contribution in [3.63, 3.8) is 0 Å². The van der Waals surface area contributed by atoms with Gasteiger partial charge in [-0.1, -0.05) is 0 Å². The molecule has 0 spiro atoms. The van der Waals surface area contributed by atoms with Crippen LogP contribution in [0, 0.1) is 11.3 Å². The van der Waals surface area contributed by atoms with Gasteiger partial charge in [0.1, 0.15) is 0 Å². The first-order chi connectivity index (χ1) is 8.10. The van der Waals surface area contributed by atoms with E-state index < -0.39 is 24.6 Å². The number of aliphatic hydroxyl groups is 1. The first-order valence-corrected chi connectivity index (χ1v) is 5.38. The van der Waals surface area contributed by atoms with E-state index in [-0.39, 0.29) is 19.0 Å². The number of aliphatic carboxylic acids is 1. The largest absolute Gasteiger partial charge is 0.480 e. The highest BCUT2D eigenvalue weighted by atomic mass is 16.4. The van der Waals surface area contributed by atoms with Crippen molar-refractivity contribution in [2.75, 3.05) is 13.2 Å². The van der Waals surface area contributed by atoms with E-state index in [0.717, 1.165) is 12.8 Å². The van der Waals surface area contributed by atoms with Crippen LogP contribution in [0.1, 0.15) is 19.3 Å². The van der Waals surface area contributed by atoms with Gasteiger partial charge in [0.2, 0.25) is 0 Å². The van der Waals surface area contributed by atoms with E-state index in [0.29, 0.717) is 0 Å². The molecule has 94 valence electrons.